The lowest BCUT2D eigenvalue weighted by molar-refractivity contribution is 0.184. The Morgan fingerprint density at radius 2 is 2.21 bits per heavy atom. The molecule has 108 valence electrons. The lowest BCUT2D eigenvalue weighted by Crippen LogP contribution is -2.47. The second-order valence-corrected chi connectivity index (χ2v) is 7.95. The zero-order valence-corrected chi connectivity index (χ0v) is 13.3. The van der Waals surface area contributed by atoms with Gasteiger partial charge in [0.05, 0.1) is 18.1 Å². The van der Waals surface area contributed by atoms with Gasteiger partial charge in [0, 0.05) is 42.4 Å². The van der Waals surface area contributed by atoms with Gasteiger partial charge in [0.1, 0.15) is 0 Å². The van der Waals surface area contributed by atoms with Gasteiger partial charge in [-0.25, -0.2) is 4.98 Å². The van der Waals surface area contributed by atoms with E-state index in [1.54, 1.807) is 0 Å². The van der Waals surface area contributed by atoms with Gasteiger partial charge >= 0.3 is 0 Å². The third-order valence-corrected chi connectivity index (χ3v) is 5.01. The van der Waals surface area contributed by atoms with E-state index >= 15 is 0 Å². The van der Waals surface area contributed by atoms with Crippen LogP contribution in [0, 0.1) is 0 Å². The molecule has 1 aliphatic heterocycles. The highest BCUT2D eigenvalue weighted by molar-refractivity contribution is 8.00. The molecule has 1 atom stereocenters. The van der Waals surface area contributed by atoms with Gasteiger partial charge in [-0.05, 0) is 27.7 Å². The summed E-state index contributed by atoms with van der Waals surface area (Å²) in [4.78, 5) is 6.84. The molecule has 0 saturated carbocycles. The molecular formula is C14H26N4S. The average molecular weight is 282 g/mol. The van der Waals surface area contributed by atoms with Crippen LogP contribution in [0.3, 0.4) is 0 Å². The van der Waals surface area contributed by atoms with Crippen LogP contribution in [0.25, 0.3) is 0 Å². The summed E-state index contributed by atoms with van der Waals surface area (Å²) >= 11 is 2.05. The molecule has 0 amide bonds. The summed E-state index contributed by atoms with van der Waals surface area (Å²) < 4.78 is 2.56. The zero-order valence-electron chi connectivity index (χ0n) is 12.5. The van der Waals surface area contributed by atoms with Gasteiger partial charge in [0.25, 0.3) is 0 Å². The number of nitrogens with two attached hydrogens (primary N) is 1. The summed E-state index contributed by atoms with van der Waals surface area (Å²) in [7, 11) is 0. The number of rotatable bonds is 4. The fraction of sp³-hybridized carbons (Fsp3) is 0.786. The number of imidazole rings is 1. The molecule has 1 aliphatic rings. The normalized spacial score (nSPS) is 21.8. The van der Waals surface area contributed by atoms with Crippen molar-refractivity contribution in [2.75, 3.05) is 25.4 Å². The SMILES string of the molecule is CC(C)n1cncc1C(CN)N1CCSC(C)(C)C1. The average Bonchev–Trinajstić information content (AvgIpc) is 2.78. The Balaban J connectivity index is 2.22. The first kappa shape index (κ1) is 14.9. The van der Waals surface area contributed by atoms with Crippen LogP contribution in [0.5, 0.6) is 0 Å². The molecule has 2 N–H and O–H groups in total. The third-order valence-electron chi connectivity index (χ3n) is 3.71. The molecule has 4 nitrogen and oxygen atoms in total. The topological polar surface area (TPSA) is 47.1 Å². The molecule has 0 spiro atoms. The van der Waals surface area contributed by atoms with Gasteiger partial charge in [0.2, 0.25) is 0 Å². The first-order valence-corrected chi connectivity index (χ1v) is 8.03. The Morgan fingerprint density at radius 3 is 2.79 bits per heavy atom. The monoisotopic (exact) mass is 282 g/mol. The molecular weight excluding hydrogens is 256 g/mol. The molecule has 1 aromatic rings. The van der Waals surface area contributed by atoms with Crippen LogP contribution in [0.1, 0.15) is 45.5 Å². The summed E-state index contributed by atoms with van der Waals surface area (Å²) in [6.07, 6.45) is 3.90. The molecule has 0 aromatic carbocycles. The van der Waals surface area contributed by atoms with Crippen molar-refractivity contribution in [2.24, 2.45) is 5.73 Å². The van der Waals surface area contributed by atoms with Crippen LogP contribution >= 0.6 is 11.8 Å². The fourth-order valence-electron chi connectivity index (χ4n) is 2.78. The molecule has 1 aromatic heterocycles. The van der Waals surface area contributed by atoms with Crippen molar-refractivity contribution in [1.29, 1.82) is 0 Å². The molecule has 2 rings (SSSR count). The Bertz CT molecular complexity index is 413. The minimum Gasteiger partial charge on any atom is -0.331 e. The standard InChI is InChI=1S/C14H26N4S/c1-11(2)18-10-16-8-13(18)12(7-15)17-5-6-19-14(3,4)9-17/h8,10-12H,5-7,9,15H2,1-4H3. The lowest BCUT2D eigenvalue weighted by atomic mass is 10.1. The van der Waals surface area contributed by atoms with Crippen LogP contribution < -0.4 is 5.73 Å². The van der Waals surface area contributed by atoms with Crippen LogP contribution in [0.15, 0.2) is 12.5 Å². The Morgan fingerprint density at radius 1 is 1.47 bits per heavy atom. The number of aromatic nitrogens is 2. The van der Waals surface area contributed by atoms with Gasteiger partial charge in [-0.1, -0.05) is 0 Å². The number of hydrogen-bond donors (Lipinski definition) is 1. The van der Waals surface area contributed by atoms with Crippen molar-refractivity contribution < 1.29 is 0 Å². The Kier molecular flexibility index (Phi) is 4.58. The summed E-state index contributed by atoms with van der Waals surface area (Å²) in [5, 5.41) is 0. The largest absolute Gasteiger partial charge is 0.331 e. The van der Waals surface area contributed by atoms with E-state index in [4.69, 9.17) is 5.73 Å². The summed E-state index contributed by atoms with van der Waals surface area (Å²) in [6, 6.07) is 0.712. The van der Waals surface area contributed by atoms with Crippen molar-refractivity contribution in [3.63, 3.8) is 0 Å². The maximum atomic E-state index is 6.06. The number of thioether (sulfide) groups is 1. The summed E-state index contributed by atoms with van der Waals surface area (Å²) in [5.41, 5.74) is 7.31. The highest BCUT2D eigenvalue weighted by atomic mass is 32.2. The van der Waals surface area contributed by atoms with Crippen molar-refractivity contribution in [3.05, 3.63) is 18.2 Å². The summed E-state index contributed by atoms with van der Waals surface area (Å²) in [5.74, 6) is 1.18. The van der Waals surface area contributed by atoms with Gasteiger partial charge in [-0.3, -0.25) is 4.90 Å². The zero-order chi connectivity index (χ0) is 14.0. The van der Waals surface area contributed by atoms with Crippen molar-refractivity contribution in [3.8, 4) is 0 Å². The van der Waals surface area contributed by atoms with E-state index in [2.05, 4.69) is 53.9 Å². The first-order chi connectivity index (χ1) is 8.94. The van der Waals surface area contributed by atoms with Gasteiger partial charge < -0.3 is 10.3 Å². The van der Waals surface area contributed by atoms with Crippen LogP contribution in [0.2, 0.25) is 0 Å². The molecule has 1 fully saturated rings. The minimum atomic E-state index is 0.282. The number of hydrogen-bond acceptors (Lipinski definition) is 4. The Hall–Kier alpha value is -0.520. The fourth-order valence-corrected chi connectivity index (χ4v) is 3.92. The van der Waals surface area contributed by atoms with Crippen LogP contribution in [-0.2, 0) is 0 Å². The highest BCUT2D eigenvalue weighted by Gasteiger charge is 2.32. The summed E-state index contributed by atoms with van der Waals surface area (Å²) in [6.45, 7) is 11.9. The van der Waals surface area contributed by atoms with Crippen molar-refractivity contribution in [1.82, 2.24) is 14.5 Å². The second kappa shape index (κ2) is 5.85. The molecule has 1 unspecified atom stereocenters. The quantitative estimate of drug-likeness (QED) is 0.920. The molecule has 2 heterocycles. The van der Waals surface area contributed by atoms with Crippen LogP contribution in [0.4, 0.5) is 0 Å². The van der Waals surface area contributed by atoms with E-state index in [1.807, 2.05) is 12.5 Å². The smallest absolute Gasteiger partial charge is 0.0951 e. The maximum Gasteiger partial charge on any atom is 0.0951 e. The predicted molar refractivity (Wildman–Crippen MR) is 82.5 cm³/mol. The predicted octanol–water partition coefficient (Wildman–Crippen LogP) is 2.29. The number of nitrogens with zero attached hydrogens (tertiary/aromatic N) is 3. The van der Waals surface area contributed by atoms with Crippen LogP contribution in [-0.4, -0.2) is 44.6 Å². The lowest BCUT2D eigenvalue weighted by Gasteiger charge is -2.41. The van der Waals surface area contributed by atoms with Gasteiger partial charge in [0.15, 0.2) is 0 Å². The van der Waals surface area contributed by atoms with E-state index in [0.29, 0.717) is 17.3 Å². The van der Waals surface area contributed by atoms with E-state index in [9.17, 15) is 0 Å². The van der Waals surface area contributed by atoms with Crippen molar-refractivity contribution >= 4 is 11.8 Å². The molecule has 0 aliphatic carbocycles. The molecule has 0 radical (unpaired) electrons. The third kappa shape index (κ3) is 3.33. The highest BCUT2D eigenvalue weighted by Crippen LogP contribution is 2.34. The molecule has 0 bridgehead atoms. The Labute approximate surface area is 120 Å². The molecule has 5 heteroatoms. The van der Waals surface area contributed by atoms with E-state index < -0.39 is 0 Å². The molecule has 1 saturated heterocycles. The second-order valence-electron chi connectivity index (χ2n) is 6.15. The minimum absolute atomic E-state index is 0.282. The van der Waals surface area contributed by atoms with E-state index in [0.717, 1.165) is 13.1 Å². The molecule has 19 heavy (non-hydrogen) atoms. The van der Waals surface area contributed by atoms with Gasteiger partial charge in [-0.15, -0.1) is 0 Å². The van der Waals surface area contributed by atoms with E-state index in [1.165, 1.54) is 11.4 Å². The van der Waals surface area contributed by atoms with Crippen molar-refractivity contribution in [2.45, 2.75) is 44.5 Å². The maximum absolute atomic E-state index is 6.06. The first-order valence-electron chi connectivity index (χ1n) is 7.04. The van der Waals surface area contributed by atoms with E-state index in [-0.39, 0.29) is 6.04 Å². The van der Waals surface area contributed by atoms with Gasteiger partial charge in [-0.2, -0.15) is 11.8 Å².